The van der Waals surface area contributed by atoms with Crippen molar-refractivity contribution in [2.75, 3.05) is 0 Å². The summed E-state index contributed by atoms with van der Waals surface area (Å²) in [6.45, 7) is 5.80. The molecule has 0 fully saturated rings. The van der Waals surface area contributed by atoms with Gasteiger partial charge in [0.15, 0.2) is 0 Å². The lowest BCUT2D eigenvalue weighted by Crippen LogP contribution is -2.15. The van der Waals surface area contributed by atoms with Gasteiger partial charge < -0.3 is 0 Å². The summed E-state index contributed by atoms with van der Waals surface area (Å²) >= 11 is 0. The highest BCUT2D eigenvalue weighted by molar-refractivity contribution is 4.70. The van der Waals surface area contributed by atoms with Crippen LogP contribution in [0, 0.1) is 0 Å². The first kappa shape index (κ1) is 10.9. The average Bonchev–Trinajstić information content (AvgIpc) is 1.99. The molecule has 0 aliphatic rings. The third kappa shape index (κ3) is 6.33. The van der Waals surface area contributed by atoms with Gasteiger partial charge in [0.25, 0.3) is 0 Å². The molecule has 1 heteroatoms. The van der Waals surface area contributed by atoms with Crippen LogP contribution in [0.5, 0.6) is 0 Å². The Morgan fingerprint density at radius 3 is 2.18 bits per heavy atom. The van der Waals surface area contributed by atoms with E-state index >= 15 is 0 Å². The van der Waals surface area contributed by atoms with Crippen LogP contribution < -0.4 is 0 Å². The molecule has 0 radical (unpaired) electrons. The van der Waals surface area contributed by atoms with Gasteiger partial charge >= 0.3 is 0 Å². The quantitative estimate of drug-likeness (QED) is 0.513. The summed E-state index contributed by atoms with van der Waals surface area (Å²) in [4.78, 5) is 0. The zero-order chi connectivity index (χ0) is 8.74. The Morgan fingerprint density at radius 1 is 1.09 bits per heavy atom. The molecule has 0 aromatic heterocycles. The molecular formula is C10H21F. The van der Waals surface area contributed by atoms with Gasteiger partial charge in [-0.25, -0.2) is 4.39 Å². The molecule has 0 heterocycles. The first-order valence-electron chi connectivity index (χ1n) is 4.81. The van der Waals surface area contributed by atoms with Crippen molar-refractivity contribution in [3.05, 3.63) is 0 Å². The molecule has 11 heavy (non-hydrogen) atoms. The topological polar surface area (TPSA) is 0 Å². The number of halogens is 1. The van der Waals surface area contributed by atoms with Gasteiger partial charge in [0.2, 0.25) is 0 Å². The highest BCUT2D eigenvalue weighted by Gasteiger charge is 2.18. The molecule has 68 valence electrons. The minimum absolute atomic E-state index is 0.652. The number of alkyl halides is 1. The lowest BCUT2D eigenvalue weighted by Gasteiger charge is -2.17. The fourth-order valence-electron chi connectivity index (χ4n) is 1.10. The van der Waals surface area contributed by atoms with Crippen LogP contribution in [0.15, 0.2) is 0 Å². The molecule has 0 aliphatic heterocycles. The van der Waals surface area contributed by atoms with Gasteiger partial charge in [-0.2, -0.15) is 0 Å². The molecule has 0 nitrogen and oxygen atoms in total. The summed E-state index contributed by atoms with van der Waals surface area (Å²) in [5, 5.41) is 0. The monoisotopic (exact) mass is 160 g/mol. The van der Waals surface area contributed by atoms with E-state index in [0.29, 0.717) is 6.42 Å². The Morgan fingerprint density at radius 2 is 1.73 bits per heavy atom. The molecular weight excluding hydrogens is 139 g/mol. The lowest BCUT2D eigenvalue weighted by molar-refractivity contribution is 0.163. The fourth-order valence-corrected chi connectivity index (χ4v) is 1.10. The summed E-state index contributed by atoms with van der Waals surface area (Å²) in [7, 11) is 0. The van der Waals surface area contributed by atoms with Crippen molar-refractivity contribution >= 4 is 0 Å². The number of unbranched alkanes of at least 4 members (excludes halogenated alkanes) is 3. The molecule has 0 amide bonds. The first-order chi connectivity index (χ1) is 5.12. The molecule has 0 aromatic rings. The molecule has 1 unspecified atom stereocenters. The van der Waals surface area contributed by atoms with E-state index in [0.717, 1.165) is 12.8 Å². The third-order valence-electron chi connectivity index (χ3n) is 2.29. The summed E-state index contributed by atoms with van der Waals surface area (Å²) in [5.74, 6) is 0. The maximum absolute atomic E-state index is 13.2. The van der Waals surface area contributed by atoms with E-state index in [2.05, 4.69) is 6.92 Å². The highest BCUT2D eigenvalue weighted by Crippen LogP contribution is 2.22. The molecule has 0 saturated carbocycles. The lowest BCUT2D eigenvalue weighted by atomic mass is 9.97. The summed E-state index contributed by atoms with van der Waals surface area (Å²) in [5.41, 5.74) is -0.909. The van der Waals surface area contributed by atoms with E-state index in [4.69, 9.17) is 0 Å². The SMILES string of the molecule is CCCCCCC(C)(F)CC. The Hall–Kier alpha value is -0.0700. The predicted octanol–water partition coefficient (Wildman–Crippen LogP) is 4.10. The first-order valence-corrected chi connectivity index (χ1v) is 4.81. The van der Waals surface area contributed by atoms with Crippen molar-refractivity contribution in [1.82, 2.24) is 0 Å². The van der Waals surface area contributed by atoms with Crippen LogP contribution >= 0.6 is 0 Å². The molecule has 0 spiro atoms. The van der Waals surface area contributed by atoms with Crippen molar-refractivity contribution in [3.63, 3.8) is 0 Å². The van der Waals surface area contributed by atoms with Crippen LogP contribution in [-0.4, -0.2) is 5.67 Å². The standard InChI is InChI=1S/C10H21F/c1-4-6-7-8-9-10(3,11)5-2/h4-9H2,1-3H3. The van der Waals surface area contributed by atoms with Gasteiger partial charge in [-0.05, 0) is 19.8 Å². The van der Waals surface area contributed by atoms with E-state index in [9.17, 15) is 4.39 Å². The minimum atomic E-state index is -0.909. The molecule has 0 saturated heterocycles. The largest absolute Gasteiger partial charge is 0.244 e. The average molecular weight is 160 g/mol. The number of rotatable bonds is 6. The van der Waals surface area contributed by atoms with Gasteiger partial charge in [0, 0.05) is 0 Å². The van der Waals surface area contributed by atoms with Crippen molar-refractivity contribution in [2.24, 2.45) is 0 Å². The number of hydrogen-bond donors (Lipinski definition) is 0. The summed E-state index contributed by atoms with van der Waals surface area (Å²) < 4.78 is 13.2. The number of hydrogen-bond acceptors (Lipinski definition) is 0. The fraction of sp³-hybridized carbons (Fsp3) is 1.00. The predicted molar refractivity (Wildman–Crippen MR) is 48.6 cm³/mol. The van der Waals surface area contributed by atoms with Crippen LogP contribution in [0.2, 0.25) is 0 Å². The molecule has 1 atom stereocenters. The molecule has 0 aromatic carbocycles. The summed E-state index contributed by atoms with van der Waals surface area (Å²) in [6, 6.07) is 0. The third-order valence-corrected chi connectivity index (χ3v) is 2.29. The molecule has 0 N–H and O–H groups in total. The van der Waals surface area contributed by atoms with E-state index in [-0.39, 0.29) is 0 Å². The van der Waals surface area contributed by atoms with Gasteiger partial charge in [-0.3, -0.25) is 0 Å². The Bertz CT molecular complexity index is 86.9. The van der Waals surface area contributed by atoms with Crippen molar-refractivity contribution in [1.29, 1.82) is 0 Å². The highest BCUT2D eigenvalue weighted by atomic mass is 19.1. The zero-order valence-corrected chi connectivity index (χ0v) is 8.12. The van der Waals surface area contributed by atoms with E-state index in [1.54, 1.807) is 6.92 Å². The van der Waals surface area contributed by atoms with Crippen molar-refractivity contribution in [2.45, 2.75) is 65.0 Å². The van der Waals surface area contributed by atoms with Crippen LogP contribution in [0.3, 0.4) is 0 Å². The van der Waals surface area contributed by atoms with E-state index in [1.807, 2.05) is 6.92 Å². The molecule has 0 rings (SSSR count). The second kappa shape index (κ2) is 5.56. The van der Waals surface area contributed by atoms with Gasteiger partial charge in [-0.15, -0.1) is 0 Å². The second-order valence-electron chi connectivity index (χ2n) is 3.58. The smallest absolute Gasteiger partial charge is 0.108 e. The molecule has 0 bridgehead atoms. The normalized spacial score (nSPS) is 16.4. The molecule has 0 aliphatic carbocycles. The van der Waals surface area contributed by atoms with Gasteiger partial charge in [0.05, 0.1) is 0 Å². The second-order valence-corrected chi connectivity index (χ2v) is 3.58. The van der Waals surface area contributed by atoms with Gasteiger partial charge in [-0.1, -0.05) is 39.5 Å². The Labute approximate surface area is 70.2 Å². The van der Waals surface area contributed by atoms with Crippen LogP contribution in [0.25, 0.3) is 0 Å². The van der Waals surface area contributed by atoms with E-state index < -0.39 is 5.67 Å². The van der Waals surface area contributed by atoms with Crippen LogP contribution in [0.4, 0.5) is 4.39 Å². The van der Waals surface area contributed by atoms with Crippen molar-refractivity contribution < 1.29 is 4.39 Å². The minimum Gasteiger partial charge on any atom is -0.244 e. The van der Waals surface area contributed by atoms with Crippen LogP contribution in [-0.2, 0) is 0 Å². The maximum atomic E-state index is 13.2. The van der Waals surface area contributed by atoms with Crippen molar-refractivity contribution in [3.8, 4) is 0 Å². The van der Waals surface area contributed by atoms with E-state index in [1.165, 1.54) is 19.3 Å². The van der Waals surface area contributed by atoms with Gasteiger partial charge in [0.1, 0.15) is 5.67 Å². The van der Waals surface area contributed by atoms with Crippen LogP contribution in [0.1, 0.15) is 59.3 Å². The summed E-state index contributed by atoms with van der Waals surface area (Å²) in [6.07, 6.45) is 6.11. The Kier molecular flexibility index (Phi) is 5.53. The Balaban J connectivity index is 3.23. The maximum Gasteiger partial charge on any atom is 0.108 e. The zero-order valence-electron chi connectivity index (χ0n) is 8.12.